The first-order chi connectivity index (χ1) is 12.9. The van der Waals surface area contributed by atoms with E-state index >= 15 is 0 Å². The van der Waals surface area contributed by atoms with Gasteiger partial charge in [-0.05, 0) is 30.2 Å². The number of nitrogen functional groups attached to an aromatic ring is 1. The molecule has 0 saturated heterocycles. The Morgan fingerprint density at radius 1 is 1.33 bits per heavy atom. The third kappa shape index (κ3) is 3.69. The van der Waals surface area contributed by atoms with E-state index in [0.717, 1.165) is 11.1 Å². The molecule has 140 valence electrons. The Hall–Kier alpha value is -3.55. The largest absolute Gasteiger partial charge is 0.453 e. The van der Waals surface area contributed by atoms with Gasteiger partial charge >= 0.3 is 12.1 Å². The molecule has 1 heterocycles. The number of nitrogens with zero attached hydrogens (tertiary/aromatic N) is 1. The number of urea groups is 1. The lowest BCUT2D eigenvalue weighted by atomic mass is 10.0. The lowest BCUT2D eigenvalue weighted by molar-refractivity contribution is 0.177. The molecule has 0 radical (unpaired) electrons. The minimum Gasteiger partial charge on any atom is -0.453 e. The van der Waals surface area contributed by atoms with Crippen molar-refractivity contribution in [2.45, 2.75) is 19.5 Å². The van der Waals surface area contributed by atoms with Crippen LogP contribution in [0, 0.1) is 5.41 Å². The number of hydrogen-bond donors (Lipinski definition) is 4. The summed E-state index contributed by atoms with van der Waals surface area (Å²) >= 11 is 0. The van der Waals surface area contributed by atoms with E-state index in [9.17, 15) is 9.59 Å². The van der Waals surface area contributed by atoms with Crippen molar-refractivity contribution in [3.63, 3.8) is 0 Å². The molecule has 3 amide bonds. The van der Waals surface area contributed by atoms with Crippen molar-refractivity contribution in [1.29, 1.82) is 5.41 Å². The predicted molar refractivity (Wildman–Crippen MR) is 103 cm³/mol. The van der Waals surface area contributed by atoms with Crippen molar-refractivity contribution in [2.75, 3.05) is 18.2 Å². The SMILES string of the molecule is COC(=O)NC(=N)c1cc2c(cc1N)NC(=O)N([C@H](C)c1ccccc1)C2. The average Bonchev–Trinajstić information content (AvgIpc) is 2.67. The number of alkyl carbamates (subject to hydrolysis) is 1. The quantitative estimate of drug-likeness (QED) is 0.378. The van der Waals surface area contributed by atoms with E-state index < -0.39 is 6.09 Å². The van der Waals surface area contributed by atoms with Crippen LogP contribution in [0.2, 0.25) is 0 Å². The monoisotopic (exact) mass is 367 g/mol. The van der Waals surface area contributed by atoms with E-state index in [1.165, 1.54) is 7.11 Å². The van der Waals surface area contributed by atoms with Gasteiger partial charge in [0.25, 0.3) is 0 Å². The normalized spacial score (nSPS) is 14.0. The van der Waals surface area contributed by atoms with Crippen LogP contribution in [0.1, 0.15) is 29.7 Å². The van der Waals surface area contributed by atoms with Crippen LogP contribution in [0.25, 0.3) is 0 Å². The number of amidine groups is 1. The summed E-state index contributed by atoms with van der Waals surface area (Å²) in [5, 5.41) is 13.2. The zero-order chi connectivity index (χ0) is 19.6. The van der Waals surface area contributed by atoms with Crippen LogP contribution in [0.15, 0.2) is 42.5 Å². The number of nitrogens with two attached hydrogens (primary N) is 1. The number of amides is 3. The number of hydrogen-bond acceptors (Lipinski definition) is 5. The van der Waals surface area contributed by atoms with Gasteiger partial charge in [0.05, 0.1) is 19.7 Å². The molecule has 0 fully saturated rings. The number of anilines is 2. The summed E-state index contributed by atoms with van der Waals surface area (Å²) in [6.07, 6.45) is -0.746. The Morgan fingerprint density at radius 2 is 2.04 bits per heavy atom. The lowest BCUT2D eigenvalue weighted by Gasteiger charge is -2.34. The van der Waals surface area contributed by atoms with E-state index in [1.54, 1.807) is 17.0 Å². The molecule has 2 aromatic rings. The van der Waals surface area contributed by atoms with Gasteiger partial charge in [0.2, 0.25) is 0 Å². The summed E-state index contributed by atoms with van der Waals surface area (Å²) in [4.78, 5) is 25.6. The van der Waals surface area contributed by atoms with Gasteiger partial charge in [0.1, 0.15) is 5.84 Å². The van der Waals surface area contributed by atoms with Crippen LogP contribution in [0.4, 0.5) is 21.0 Å². The highest BCUT2D eigenvalue weighted by atomic mass is 16.5. The molecule has 0 bridgehead atoms. The Bertz CT molecular complexity index is 898. The van der Waals surface area contributed by atoms with Crippen molar-refractivity contribution in [3.05, 3.63) is 59.2 Å². The fourth-order valence-corrected chi connectivity index (χ4v) is 3.01. The number of nitrogens with one attached hydrogen (secondary N) is 3. The molecule has 1 atom stereocenters. The van der Waals surface area contributed by atoms with E-state index in [-0.39, 0.29) is 23.6 Å². The fourth-order valence-electron chi connectivity index (χ4n) is 3.01. The number of ether oxygens (including phenoxy) is 1. The van der Waals surface area contributed by atoms with Gasteiger partial charge in [-0.15, -0.1) is 0 Å². The summed E-state index contributed by atoms with van der Waals surface area (Å²) in [5.74, 6) is -0.165. The standard InChI is InChI=1S/C19H21N5O3/c1-11(12-6-4-3-5-7-12)24-10-13-8-14(17(21)23-19(26)27-2)15(20)9-16(13)22-18(24)25/h3-9,11H,10,20H2,1-2H3,(H,22,25)(H2,21,23,26)/t11-/m1/s1. The number of fused-ring (bicyclic) bond motifs is 1. The van der Waals surface area contributed by atoms with Gasteiger partial charge in [-0.1, -0.05) is 30.3 Å². The molecular formula is C19H21N5O3. The Labute approximate surface area is 156 Å². The van der Waals surface area contributed by atoms with Gasteiger partial charge in [-0.3, -0.25) is 10.7 Å². The summed E-state index contributed by atoms with van der Waals surface area (Å²) in [6, 6.07) is 12.7. The molecule has 0 unspecified atom stereocenters. The molecule has 27 heavy (non-hydrogen) atoms. The summed E-state index contributed by atoms with van der Waals surface area (Å²) in [6.45, 7) is 2.31. The Kier molecular flexibility index (Phi) is 4.98. The number of methoxy groups -OCH3 is 1. The molecule has 0 aromatic heterocycles. The van der Waals surface area contributed by atoms with Gasteiger partial charge in [0, 0.05) is 16.9 Å². The maximum absolute atomic E-state index is 12.5. The summed E-state index contributed by atoms with van der Waals surface area (Å²) < 4.78 is 4.51. The third-order valence-electron chi connectivity index (χ3n) is 4.55. The van der Waals surface area contributed by atoms with E-state index in [4.69, 9.17) is 11.1 Å². The fraction of sp³-hybridized carbons (Fsp3) is 0.211. The molecule has 3 rings (SSSR count). The smallest absolute Gasteiger partial charge is 0.412 e. The Morgan fingerprint density at radius 3 is 2.70 bits per heavy atom. The first kappa shape index (κ1) is 18.2. The topological polar surface area (TPSA) is 121 Å². The van der Waals surface area contributed by atoms with Crippen molar-refractivity contribution >= 4 is 29.3 Å². The molecule has 0 aliphatic carbocycles. The second kappa shape index (κ2) is 7.36. The van der Waals surface area contributed by atoms with Crippen molar-refractivity contribution in [3.8, 4) is 0 Å². The van der Waals surface area contributed by atoms with Crippen molar-refractivity contribution < 1.29 is 14.3 Å². The molecule has 1 aliphatic heterocycles. The highest BCUT2D eigenvalue weighted by Crippen LogP contribution is 2.32. The number of carbonyl (C=O) groups is 2. The minimum absolute atomic E-state index is 0.131. The molecule has 0 spiro atoms. The molecule has 5 N–H and O–H groups in total. The maximum atomic E-state index is 12.5. The second-order valence-electron chi connectivity index (χ2n) is 6.23. The number of carbonyl (C=O) groups excluding carboxylic acids is 2. The first-order valence-corrected chi connectivity index (χ1v) is 8.39. The molecule has 0 saturated carbocycles. The molecular weight excluding hydrogens is 346 g/mol. The van der Waals surface area contributed by atoms with Gasteiger partial charge < -0.3 is 20.7 Å². The van der Waals surface area contributed by atoms with Gasteiger partial charge in [-0.25, -0.2) is 9.59 Å². The van der Waals surface area contributed by atoms with E-state index in [1.807, 2.05) is 37.3 Å². The van der Waals surface area contributed by atoms with Crippen LogP contribution in [-0.2, 0) is 11.3 Å². The average molecular weight is 367 g/mol. The molecule has 8 heteroatoms. The van der Waals surface area contributed by atoms with E-state index in [2.05, 4.69) is 15.4 Å². The van der Waals surface area contributed by atoms with Crippen molar-refractivity contribution in [1.82, 2.24) is 10.2 Å². The summed E-state index contributed by atoms with van der Waals surface area (Å²) in [5.41, 5.74) is 9.06. The van der Waals surface area contributed by atoms with E-state index in [0.29, 0.717) is 17.8 Å². The van der Waals surface area contributed by atoms with Crippen LogP contribution in [0.3, 0.4) is 0 Å². The molecule has 2 aromatic carbocycles. The van der Waals surface area contributed by atoms with Crippen LogP contribution in [-0.4, -0.2) is 30.0 Å². The van der Waals surface area contributed by atoms with Crippen LogP contribution >= 0.6 is 0 Å². The van der Waals surface area contributed by atoms with Gasteiger partial charge in [-0.2, -0.15) is 0 Å². The zero-order valence-electron chi connectivity index (χ0n) is 15.1. The van der Waals surface area contributed by atoms with Crippen molar-refractivity contribution in [2.24, 2.45) is 0 Å². The first-order valence-electron chi connectivity index (χ1n) is 8.39. The second-order valence-corrected chi connectivity index (χ2v) is 6.23. The predicted octanol–water partition coefficient (Wildman–Crippen LogP) is 3.06. The minimum atomic E-state index is -0.746. The lowest BCUT2D eigenvalue weighted by Crippen LogP contribution is -2.40. The highest BCUT2D eigenvalue weighted by molar-refractivity contribution is 6.08. The number of rotatable bonds is 3. The summed E-state index contributed by atoms with van der Waals surface area (Å²) in [7, 11) is 1.22. The molecule has 8 nitrogen and oxygen atoms in total. The Balaban J connectivity index is 1.89. The highest BCUT2D eigenvalue weighted by Gasteiger charge is 2.28. The third-order valence-corrected chi connectivity index (χ3v) is 4.55. The zero-order valence-corrected chi connectivity index (χ0v) is 15.1. The maximum Gasteiger partial charge on any atom is 0.412 e. The van der Waals surface area contributed by atoms with Crippen LogP contribution < -0.4 is 16.4 Å². The van der Waals surface area contributed by atoms with Crippen LogP contribution in [0.5, 0.6) is 0 Å². The molecule has 1 aliphatic rings. The number of benzene rings is 2. The van der Waals surface area contributed by atoms with Gasteiger partial charge in [0.15, 0.2) is 0 Å².